The second kappa shape index (κ2) is 5.73. The Hall–Kier alpha value is -2.72. The fourth-order valence-corrected chi connectivity index (χ4v) is 3.16. The molecule has 1 aliphatic rings. The van der Waals surface area contributed by atoms with Crippen LogP contribution in [0.15, 0.2) is 42.5 Å². The van der Waals surface area contributed by atoms with Crippen molar-refractivity contribution in [3.05, 3.63) is 59.3 Å². The van der Waals surface area contributed by atoms with E-state index in [-0.39, 0.29) is 5.75 Å². The Morgan fingerprint density at radius 1 is 1.00 bits per heavy atom. The summed E-state index contributed by atoms with van der Waals surface area (Å²) in [6.07, 6.45) is 2.05. The molecule has 0 fully saturated rings. The second-order valence-corrected chi connectivity index (χ2v) is 6.16. The summed E-state index contributed by atoms with van der Waals surface area (Å²) in [5.41, 5.74) is 6.20. The Bertz CT molecular complexity index is 954. The number of aromatic hydroxyl groups is 1. The summed E-state index contributed by atoms with van der Waals surface area (Å²) in [5, 5.41) is 11.3. The zero-order valence-electron chi connectivity index (χ0n) is 13.7. The predicted molar refractivity (Wildman–Crippen MR) is 94.9 cm³/mol. The largest absolute Gasteiger partial charge is 0.507 e. The number of benzene rings is 1. The van der Waals surface area contributed by atoms with E-state index in [1.165, 1.54) is 0 Å². The molecule has 0 atom stereocenters. The number of rotatable bonds is 2. The van der Waals surface area contributed by atoms with Crippen molar-refractivity contribution >= 4 is 16.6 Å². The Balaban J connectivity index is 1.86. The number of aryl methyl sites for hydroxylation is 2. The molecular weight excluding hydrogens is 300 g/mol. The van der Waals surface area contributed by atoms with Crippen LogP contribution in [0.1, 0.15) is 16.8 Å². The highest BCUT2D eigenvalue weighted by molar-refractivity contribution is 5.82. The van der Waals surface area contributed by atoms with Crippen molar-refractivity contribution in [2.75, 3.05) is 13.2 Å². The van der Waals surface area contributed by atoms with Crippen molar-refractivity contribution in [3.8, 4) is 17.0 Å². The van der Waals surface area contributed by atoms with Gasteiger partial charge in [-0.3, -0.25) is 0 Å². The maximum absolute atomic E-state index is 10.3. The van der Waals surface area contributed by atoms with Crippen molar-refractivity contribution in [1.29, 1.82) is 0 Å². The molecular formula is C20H18N2O2. The number of fused-ring (bicyclic) bond motifs is 1. The van der Waals surface area contributed by atoms with Gasteiger partial charge in [0.15, 0.2) is 5.65 Å². The van der Waals surface area contributed by atoms with Crippen molar-refractivity contribution in [2.45, 2.75) is 13.8 Å². The van der Waals surface area contributed by atoms with E-state index in [0.717, 1.165) is 39.0 Å². The van der Waals surface area contributed by atoms with Gasteiger partial charge in [-0.05, 0) is 55.3 Å². The molecule has 0 radical (unpaired) electrons. The molecule has 0 bridgehead atoms. The van der Waals surface area contributed by atoms with E-state index in [1.807, 2.05) is 50.3 Å². The van der Waals surface area contributed by atoms with Gasteiger partial charge in [-0.15, -0.1) is 0 Å². The predicted octanol–water partition coefficient (Wildman–Crippen LogP) is 4.03. The third-order valence-electron chi connectivity index (χ3n) is 4.30. The first kappa shape index (κ1) is 14.8. The van der Waals surface area contributed by atoms with E-state index in [2.05, 4.69) is 9.97 Å². The Kier molecular flexibility index (Phi) is 3.54. The second-order valence-electron chi connectivity index (χ2n) is 6.16. The first-order valence-corrected chi connectivity index (χ1v) is 7.97. The summed E-state index contributed by atoms with van der Waals surface area (Å²) >= 11 is 0. The Morgan fingerprint density at radius 2 is 1.75 bits per heavy atom. The number of phenols is 1. The molecule has 3 aromatic rings. The average molecular weight is 318 g/mol. The molecule has 4 rings (SSSR count). The SMILES string of the molecule is Cc1cc(C)c(-c2ccc3ccc(C4=CCOC4)nc3n2)c(O)c1. The van der Waals surface area contributed by atoms with Crippen LogP contribution < -0.4 is 0 Å². The van der Waals surface area contributed by atoms with Crippen LogP contribution in [0.3, 0.4) is 0 Å². The van der Waals surface area contributed by atoms with E-state index in [1.54, 1.807) is 6.07 Å². The van der Waals surface area contributed by atoms with Gasteiger partial charge in [0.25, 0.3) is 0 Å². The molecule has 1 aromatic carbocycles. The average Bonchev–Trinajstić information content (AvgIpc) is 3.07. The maximum atomic E-state index is 10.3. The third kappa shape index (κ3) is 2.55. The summed E-state index contributed by atoms with van der Waals surface area (Å²) in [5.74, 6) is 0.252. The topological polar surface area (TPSA) is 55.2 Å². The number of pyridine rings is 2. The van der Waals surface area contributed by atoms with Gasteiger partial charge in [-0.25, -0.2) is 9.97 Å². The van der Waals surface area contributed by atoms with E-state index >= 15 is 0 Å². The molecule has 3 heterocycles. The van der Waals surface area contributed by atoms with Gasteiger partial charge in [0.1, 0.15) is 5.75 Å². The number of ether oxygens (including phenoxy) is 1. The summed E-state index contributed by atoms with van der Waals surface area (Å²) in [6.45, 7) is 5.18. The van der Waals surface area contributed by atoms with E-state index in [0.29, 0.717) is 18.9 Å². The summed E-state index contributed by atoms with van der Waals surface area (Å²) in [6, 6.07) is 11.8. The first-order valence-electron chi connectivity index (χ1n) is 7.97. The van der Waals surface area contributed by atoms with Crippen molar-refractivity contribution in [1.82, 2.24) is 9.97 Å². The van der Waals surface area contributed by atoms with Gasteiger partial charge in [0.05, 0.1) is 24.6 Å². The van der Waals surface area contributed by atoms with Gasteiger partial charge in [-0.2, -0.15) is 0 Å². The maximum Gasteiger partial charge on any atom is 0.160 e. The summed E-state index contributed by atoms with van der Waals surface area (Å²) in [4.78, 5) is 9.37. The van der Waals surface area contributed by atoms with Crippen LogP contribution in [0.25, 0.3) is 27.9 Å². The van der Waals surface area contributed by atoms with E-state index in [9.17, 15) is 5.11 Å². The van der Waals surface area contributed by atoms with E-state index in [4.69, 9.17) is 4.74 Å². The fraction of sp³-hybridized carbons (Fsp3) is 0.200. The molecule has 0 amide bonds. The molecule has 1 aliphatic heterocycles. The number of hydrogen-bond donors (Lipinski definition) is 1. The van der Waals surface area contributed by atoms with Crippen LogP contribution in [0.4, 0.5) is 0 Å². The summed E-state index contributed by atoms with van der Waals surface area (Å²) in [7, 11) is 0. The number of hydrogen-bond acceptors (Lipinski definition) is 4. The molecule has 120 valence electrons. The zero-order chi connectivity index (χ0) is 16.7. The quantitative estimate of drug-likeness (QED) is 0.775. The van der Waals surface area contributed by atoms with Gasteiger partial charge in [0.2, 0.25) is 0 Å². The van der Waals surface area contributed by atoms with Crippen molar-refractivity contribution in [2.24, 2.45) is 0 Å². The third-order valence-corrected chi connectivity index (χ3v) is 4.30. The molecule has 2 aromatic heterocycles. The van der Waals surface area contributed by atoms with Gasteiger partial charge < -0.3 is 9.84 Å². The lowest BCUT2D eigenvalue weighted by Crippen LogP contribution is -1.96. The molecule has 0 saturated heterocycles. The Labute approximate surface area is 140 Å². The van der Waals surface area contributed by atoms with Crippen LogP contribution in [0, 0.1) is 13.8 Å². The monoisotopic (exact) mass is 318 g/mol. The Morgan fingerprint density at radius 3 is 2.46 bits per heavy atom. The molecule has 24 heavy (non-hydrogen) atoms. The smallest absolute Gasteiger partial charge is 0.160 e. The molecule has 0 spiro atoms. The molecule has 0 unspecified atom stereocenters. The van der Waals surface area contributed by atoms with Crippen LogP contribution in [0.5, 0.6) is 5.75 Å². The zero-order valence-corrected chi connectivity index (χ0v) is 13.7. The normalized spacial score (nSPS) is 14.2. The minimum absolute atomic E-state index is 0.252. The number of aromatic nitrogens is 2. The molecule has 1 N–H and O–H groups in total. The van der Waals surface area contributed by atoms with Gasteiger partial charge in [-0.1, -0.05) is 12.1 Å². The fourth-order valence-electron chi connectivity index (χ4n) is 3.16. The van der Waals surface area contributed by atoms with Crippen LogP contribution in [0.2, 0.25) is 0 Å². The molecule has 4 heteroatoms. The van der Waals surface area contributed by atoms with Gasteiger partial charge in [0, 0.05) is 16.5 Å². The van der Waals surface area contributed by atoms with Crippen LogP contribution in [-0.4, -0.2) is 28.3 Å². The lowest BCUT2D eigenvalue weighted by Gasteiger charge is -2.10. The van der Waals surface area contributed by atoms with Crippen molar-refractivity contribution in [3.63, 3.8) is 0 Å². The minimum Gasteiger partial charge on any atom is -0.507 e. The molecule has 0 saturated carbocycles. The number of nitrogens with zero attached hydrogens (tertiary/aromatic N) is 2. The van der Waals surface area contributed by atoms with E-state index < -0.39 is 0 Å². The van der Waals surface area contributed by atoms with Crippen LogP contribution >= 0.6 is 0 Å². The highest BCUT2D eigenvalue weighted by Gasteiger charge is 2.13. The standard InChI is InChI=1S/C20H18N2O2/c1-12-9-13(2)19(18(23)10-12)17-6-4-14-3-5-16(21-20(14)22-17)15-7-8-24-11-15/h3-7,9-10,23H,8,11H2,1-2H3. The highest BCUT2D eigenvalue weighted by atomic mass is 16.5. The lowest BCUT2D eigenvalue weighted by molar-refractivity contribution is 0.216. The molecule has 4 nitrogen and oxygen atoms in total. The van der Waals surface area contributed by atoms with Crippen molar-refractivity contribution < 1.29 is 9.84 Å². The molecule has 0 aliphatic carbocycles. The minimum atomic E-state index is 0.252. The lowest BCUT2D eigenvalue weighted by atomic mass is 10.0. The first-order chi connectivity index (χ1) is 11.6. The summed E-state index contributed by atoms with van der Waals surface area (Å²) < 4.78 is 5.37. The highest BCUT2D eigenvalue weighted by Crippen LogP contribution is 2.33. The van der Waals surface area contributed by atoms with Crippen LogP contribution in [-0.2, 0) is 4.74 Å². The number of phenolic OH excluding ortho intramolecular Hbond substituents is 1. The van der Waals surface area contributed by atoms with Gasteiger partial charge >= 0.3 is 0 Å².